The molecule has 0 radical (unpaired) electrons. The molecule has 3 aromatic rings. The van der Waals surface area contributed by atoms with E-state index in [1.54, 1.807) is 6.20 Å². The van der Waals surface area contributed by atoms with Crippen LogP contribution in [0.5, 0.6) is 5.75 Å². The standard InChI is InChI=1S/C22H27N3O4S.Na/c1-14-9-23-19(13-30(26)21-24-17-7-5-6-8-18(17)25-21)15(2)20(14)27-10-16-11-28-22(3,4)29-12-16;/h5-9,16H,10-13H2,1-4H3,(H,24,25);/q;+1/t30-;/m0./s1. The predicted molar refractivity (Wildman–Crippen MR) is 115 cm³/mol. The van der Waals surface area contributed by atoms with Gasteiger partial charge in [-0.25, -0.2) is 0 Å². The first kappa shape index (κ1) is 24.5. The van der Waals surface area contributed by atoms with Crippen LogP contribution in [0, 0.1) is 19.8 Å². The van der Waals surface area contributed by atoms with Gasteiger partial charge in [-0.3, -0.25) is 9.97 Å². The van der Waals surface area contributed by atoms with Crippen molar-refractivity contribution < 1.29 is 48.3 Å². The van der Waals surface area contributed by atoms with Crippen LogP contribution >= 0.6 is 0 Å². The minimum absolute atomic E-state index is 0. The number of ether oxygens (including phenoxy) is 3. The van der Waals surface area contributed by atoms with E-state index in [2.05, 4.69) is 15.0 Å². The van der Waals surface area contributed by atoms with Crippen LogP contribution in [0.2, 0.25) is 0 Å². The van der Waals surface area contributed by atoms with E-state index in [0.29, 0.717) is 25.0 Å². The Hall–Kier alpha value is -1.13. The van der Waals surface area contributed by atoms with Crippen molar-refractivity contribution >= 4 is 22.2 Å². The minimum Gasteiger partial charge on any atom is -0.609 e. The second-order valence-corrected chi connectivity index (χ2v) is 9.46. The van der Waals surface area contributed by atoms with Gasteiger partial charge >= 0.3 is 34.7 Å². The normalized spacial score (nSPS) is 17.3. The van der Waals surface area contributed by atoms with Crippen molar-refractivity contribution in [1.29, 1.82) is 0 Å². The van der Waals surface area contributed by atoms with Crippen LogP contribution in [0.3, 0.4) is 0 Å². The summed E-state index contributed by atoms with van der Waals surface area (Å²) >= 11 is -1.33. The number of nitrogens with zero attached hydrogens (tertiary/aromatic N) is 2. The number of pyridine rings is 1. The fraction of sp³-hybridized carbons (Fsp3) is 0.455. The Kier molecular flexibility index (Phi) is 8.07. The van der Waals surface area contributed by atoms with E-state index < -0.39 is 17.0 Å². The number of nitrogens with one attached hydrogen (secondary N) is 1. The van der Waals surface area contributed by atoms with Crippen molar-refractivity contribution in [1.82, 2.24) is 15.0 Å². The fourth-order valence-electron chi connectivity index (χ4n) is 3.38. The van der Waals surface area contributed by atoms with Gasteiger partial charge in [0.1, 0.15) is 5.75 Å². The zero-order valence-electron chi connectivity index (χ0n) is 18.7. The Morgan fingerprint density at radius 1 is 1.23 bits per heavy atom. The van der Waals surface area contributed by atoms with E-state index >= 15 is 0 Å². The largest absolute Gasteiger partial charge is 1.00 e. The first-order chi connectivity index (χ1) is 14.3. The van der Waals surface area contributed by atoms with Gasteiger partial charge in [-0.1, -0.05) is 12.1 Å². The maximum atomic E-state index is 12.9. The van der Waals surface area contributed by atoms with Gasteiger partial charge in [0.15, 0.2) is 11.5 Å². The van der Waals surface area contributed by atoms with E-state index in [4.69, 9.17) is 14.2 Å². The van der Waals surface area contributed by atoms with Crippen molar-refractivity contribution in [3.63, 3.8) is 0 Å². The SMILES string of the molecule is Cc1cnc(C[S@+]([O-])c2nc3ccccc3[nH]2)c(C)c1OCC1COC(C)(C)OC1.[Na+]. The number of fused-ring (bicyclic) bond motifs is 1. The molecule has 1 aromatic carbocycles. The van der Waals surface area contributed by atoms with Crippen LogP contribution in [0.25, 0.3) is 11.0 Å². The molecule has 31 heavy (non-hydrogen) atoms. The van der Waals surface area contributed by atoms with Crippen LogP contribution in [-0.2, 0) is 26.4 Å². The van der Waals surface area contributed by atoms with Gasteiger partial charge < -0.3 is 18.8 Å². The van der Waals surface area contributed by atoms with Crippen molar-refractivity contribution in [2.45, 2.75) is 44.4 Å². The monoisotopic (exact) mass is 452 g/mol. The Bertz CT molecular complexity index is 1000. The van der Waals surface area contributed by atoms with E-state index in [9.17, 15) is 4.55 Å². The third kappa shape index (κ3) is 5.82. The second-order valence-electron chi connectivity index (χ2n) is 8.09. The van der Waals surface area contributed by atoms with E-state index in [1.807, 2.05) is 52.0 Å². The fourth-order valence-corrected chi connectivity index (χ4v) is 4.48. The zero-order valence-corrected chi connectivity index (χ0v) is 21.5. The van der Waals surface area contributed by atoms with Crippen molar-refractivity contribution in [2.75, 3.05) is 19.8 Å². The summed E-state index contributed by atoms with van der Waals surface area (Å²) < 4.78 is 30.5. The Morgan fingerprint density at radius 3 is 2.65 bits per heavy atom. The molecule has 9 heteroatoms. The molecule has 0 unspecified atom stereocenters. The average Bonchev–Trinajstić information content (AvgIpc) is 3.15. The molecule has 1 N–H and O–H groups in total. The number of aromatic nitrogens is 3. The second kappa shape index (κ2) is 10.2. The van der Waals surface area contributed by atoms with Crippen molar-refractivity contribution in [3.8, 4) is 5.75 Å². The zero-order chi connectivity index (χ0) is 21.3. The molecular formula is C22H27N3NaO4S+. The maximum Gasteiger partial charge on any atom is 1.00 e. The molecule has 160 valence electrons. The van der Waals surface area contributed by atoms with Gasteiger partial charge in [0, 0.05) is 34.4 Å². The molecule has 4 rings (SSSR count). The van der Waals surface area contributed by atoms with Crippen LogP contribution in [-0.4, -0.2) is 45.1 Å². The van der Waals surface area contributed by atoms with Gasteiger partial charge in [-0.05, 0) is 39.8 Å². The number of imidazole rings is 1. The number of hydrogen-bond donors (Lipinski definition) is 1. The summed E-state index contributed by atoms with van der Waals surface area (Å²) in [5, 5.41) is 0.458. The van der Waals surface area contributed by atoms with Crippen LogP contribution < -0.4 is 34.3 Å². The summed E-state index contributed by atoms with van der Waals surface area (Å²) in [5.74, 6) is 0.684. The summed E-state index contributed by atoms with van der Waals surface area (Å²) in [6.45, 7) is 9.43. The first-order valence-electron chi connectivity index (χ1n) is 10.0. The number of benzene rings is 1. The van der Waals surface area contributed by atoms with Gasteiger partial charge in [-0.2, -0.15) is 4.98 Å². The molecule has 1 fully saturated rings. The summed E-state index contributed by atoms with van der Waals surface area (Å²) in [5.41, 5.74) is 4.27. The van der Waals surface area contributed by atoms with Gasteiger partial charge in [0.05, 0.1) is 36.5 Å². The molecule has 1 atom stereocenters. The third-order valence-corrected chi connectivity index (χ3v) is 6.35. The molecule has 1 aliphatic rings. The smallest absolute Gasteiger partial charge is 0.609 e. The number of H-pyrrole nitrogens is 1. The summed E-state index contributed by atoms with van der Waals surface area (Å²) in [4.78, 5) is 12.1. The van der Waals surface area contributed by atoms with Crippen molar-refractivity contribution in [2.24, 2.45) is 5.92 Å². The average molecular weight is 453 g/mol. The number of para-hydroxylation sites is 2. The van der Waals surface area contributed by atoms with Crippen LogP contribution in [0.15, 0.2) is 35.6 Å². The van der Waals surface area contributed by atoms with Crippen LogP contribution in [0.4, 0.5) is 0 Å². The number of hydrogen-bond acceptors (Lipinski definition) is 6. The number of aromatic amines is 1. The van der Waals surface area contributed by atoms with Gasteiger partial charge in [0.25, 0.3) is 0 Å². The Balaban J connectivity index is 0.00000272. The third-order valence-electron chi connectivity index (χ3n) is 5.19. The summed E-state index contributed by atoms with van der Waals surface area (Å²) in [6, 6.07) is 7.65. The molecule has 1 saturated heterocycles. The molecule has 0 bridgehead atoms. The van der Waals surface area contributed by atoms with Crippen LogP contribution in [0.1, 0.15) is 30.7 Å². The molecule has 3 heterocycles. The Morgan fingerprint density at radius 2 is 1.94 bits per heavy atom. The molecule has 2 aromatic heterocycles. The molecule has 0 aliphatic carbocycles. The topological polar surface area (TPSA) is 92.3 Å². The van der Waals surface area contributed by atoms with Gasteiger partial charge in [-0.15, -0.1) is 0 Å². The van der Waals surface area contributed by atoms with Gasteiger partial charge in [0.2, 0.25) is 0 Å². The van der Waals surface area contributed by atoms with E-state index in [0.717, 1.165) is 33.6 Å². The number of aryl methyl sites for hydroxylation is 1. The molecular weight excluding hydrogens is 425 g/mol. The first-order valence-corrected chi connectivity index (χ1v) is 11.3. The van der Waals surface area contributed by atoms with E-state index in [1.165, 1.54) is 0 Å². The molecule has 7 nitrogen and oxygen atoms in total. The molecule has 0 amide bonds. The molecule has 1 aliphatic heterocycles. The molecule has 0 saturated carbocycles. The minimum atomic E-state index is -1.33. The quantitative estimate of drug-likeness (QED) is 0.437. The summed E-state index contributed by atoms with van der Waals surface area (Å²) in [6.07, 6.45) is 1.77. The summed E-state index contributed by atoms with van der Waals surface area (Å²) in [7, 11) is 0. The number of rotatable bonds is 6. The predicted octanol–water partition coefficient (Wildman–Crippen LogP) is 0.664. The molecule has 0 spiro atoms. The Labute approximate surface area is 207 Å². The van der Waals surface area contributed by atoms with Crippen molar-refractivity contribution in [3.05, 3.63) is 47.3 Å². The maximum absolute atomic E-state index is 12.9. The van der Waals surface area contributed by atoms with E-state index in [-0.39, 0.29) is 41.2 Å².